The second-order valence-electron chi connectivity index (χ2n) is 7.31. The van der Waals surface area contributed by atoms with Gasteiger partial charge in [-0.25, -0.2) is 4.52 Å². The Balaban J connectivity index is 1.61. The summed E-state index contributed by atoms with van der Waals surface area (Å²) in [6.45, 7) is 8.78. The van der Waals surface area contributed by atoms with Crippen molar-refractivity contribution in [3.63, 3.8) is 0 Å². The number of aryl methyl sites for hydroxylation is 1. The van der Waals surface area contributed by atoms with Gasteiger partial charge in [-0.05, 0) is 26.0 Å². The van der Waals surface area contributed by atoms with Gasteiger partial charge in [0, 0.05) is 17.1 Å². The number of amides is 1. The zero-order chi connectivity index (χ0) is 19.7. The first-order valence-electron chi connectivity index (χ1n) is 9.75. The van der Waals surface area contributed by atoms with Crippen molar-refractivity contribution in [3.8, 4) is 0 Å². The minimum Gasteiger partial charge on any atom is -0.370 e. The molecule has 0 aliphatic carbocycles. The van der Waals surface area contributed by atoms with E-state index in [-0.39, 0.29) is 11.5 Å². The molecule has 28 heavy (non-hydrogen) atoms. The summed E-state index contributed by atoms with van der Waals surface area (Å²) in [5, 5.41) is 3.92. The number of fused-ring (bicyclic) bond motifs is 3. The SMILES string of the molecule is Cc1cc(=O)nc2c3ccccc3n(C(C)C(=O)NCC[NH+]3CCOCC3)n12. The maximum Gasteiger partial charge on any atom is 0.273 e. The van der Waals surface area contributed by atoms with E-state index >= 15 is 0 Å². The summed E-state index contributed by atoms with van der Waals surface area (Å²) in [5.41, 5.74) is 1.94. The van der Waals surface area contributed by atoms with Gasteiger partial charge in [-0.1, -0.05) is 12.1 Å². The number of benzene rings is 1. The molecule has 1 fully saturated rings. The summed E-state index contributed by atoms with van der Waals surface area (Å²) >= 11 is 0. The molecular weight excluding hydrogens is 358 g/mol. The predicted molar refractivity (Wildman–Crippen MR) is 106 cm³/mol. The number of nitrogens with one attached hydrogen (secondary N) is 2. The van der Waals surface area contributed by atoms with Crippen molar-refractivity contribution in [2.24, 2.45) is 0 Å². The smallest absolute Gasteiger partial charge is 0.273 e. The third kappa shape index (κ3) is 3.41. The van der Waals surface area contributed by atoms with Crippen LogP contribution in [0.3, 0.4) is 0 Å². The number of nitrogens with zero attached hydrogens (tertiary/aromatic N) is 3. The summed E-state index contributed by atoms with van der Waals surface area (Å²) in [4.78, 5) is 30.5. The normalized spacial score (nSPS) is 16.5. The highest BCUT2D eigenvalue weighted by molar-refractivity contribution is 5.94. The molecule has 4 rings (SSSR count). The fourth-order valence-corrected chi connectivity index (χ4v) is 3.92. The van der Waals surface area contributed by atoms with Gasteiger partial charge in [-0.15, -0.1) is 0 Å². The Morgan fingerprint density at radius 1 is 1.32 bits per heavy atom. The predicted octanol–water partition coefficient (Wildman–Crippen LogP) is -0.450. The molecule has 0 radical (unpaired) electrons. The molecule has 8 nitrogen and oxygen atoms in total. The van der Waals surface area contributed by atoms with Gasteiger partial charge < -0.3 is 15.0 Å². The zero-order valence-corrected chi connectivity index (χ0v) is 16.3. The van der Waals surface area contributed by atoms with Crippen LogP contribution in [0.4, 0.5) is 0 Å². The minimum atomic E-state index is -0.440. The summed E-state index contributed by atoms with van der Waals surface area (Å²) in [6, 6.07) is 8.78. The zero-order valence-electron chi connectivity index (χ0n) is 16.3. The van der Waals surface area contributed by atoms with Crippen molar-refractivity contribution in [2.45, 2.75) is 19.9 Å². The van der Waals surface area contributed by atoms with Crippen molar-refractivity contribution in [1.29, 1.82) is 0 Å². The van der Waals surface area contributed by atoms with Crippen LogP contribution < -0.4 is 15.8 Å². The molecule has 1 aliphatic heterocycles. The van der Waals surface area contributed by atoms with Gasteiger partial charge in [0.2, 0.25) is 5.91 Å². The van der Waals surface area contributed by atoms with Gasteiger partial charge in [-0.3, -0.25) is 14.3 Å². The second-order valence-corrected chi connectivity index (χ2v) is 7.31. The van der Waals surface area contributed by atoms with E-state index in [4.69, 9.17) is 4.74 Å². The minimum absolute atomic E-state index is 0.0478. The number of hydrogen-bond acceptors (Lipinski definition) is 4. The molecule has 2 N–H and O–H groups in total. The standard InChI is InChI=1S/C20H25N5O3/c1-14-13-18(26)22-19-16-5-3-4-6-17(16)25(24(14)19)15(2)20(27)21-7-8-23-9-11-28-12-10-23/h3-6,13,15H,7-12H2,1-2H3,(H,21,27)/p+1. The van der Waals surface area contributed by atoms with Crippen molar-refractivity contribution in [1.82, 2.24) is 19.5 Å². The number of ether oxygens (including phenoxy) is 1. The van der Waals surface area contributed by atoms with Crippen molar-refractivity contribution < 1.29 is 14.4 Å². The lowest BCUT2D eigenvalue weighted by Crippen LogP contribution is -3.14. The van der Waals surface area contributed by atoms with Gasteiger partial charge in [0.25, 0.3) is 5.56 Å². The molecule has 1 amide bonds. The molecule has 3 aromatic rings. The average Bonchev–Trinajstić information content (AvgIpc) is 3.03. The first kappa shape index (κ1) is 18.6. The molecule has 3 heterocycles. The topological polar surface area (TPSA) is 82.1 Å². The van der Waals surface area contributed by atoms with Crippen LogP contribution in [-0.4, -0.2) is 59.5 Å². The Labute approximate surface area is 162 Å². The molecule has 0 bridgehead atoms. The largest absolute Gasteiger partial charge is 0.370 e. The maximum atomic E-state index is 12.9. The highest BCUT2D eigenvalue weighted by Crippen LogP contribution is 2.24. The van der Waals surface area contributed by atoms with E-state index in [1.165, 1.54) is 11.0 Å². The second kappa shape index (κ2) is 7.73. The summed E-state index contributed by atoms with van der Waals surface area (Å²) in [6.07, 6.45) is 0. The Morgan fingerprint density at radius 2 is 2.07 bits per heavy atom. The lowest BCUT2D eigenvalue weighted by molar-refractivity contribution is -0.906. The number of quaternary nitrogens is 1. The van der Waals surface area contributed by atoms with E-state index in [2.05, 4.69) is 10.3 Å². The van der Waals surface area contributed by atoms with Gasteiger partial charge in [0.05, 0.1) is 31.8 Å². The van der Waals surface area contributed by atoms with Crippen LogP contribution in [0.5, 0.6) is 0 Å². The number of rotatable bonds is 5. The van der Waals surface area contributed by atoms with Gasteiger partial charge in [-0.2, -0.15) is 4.98 Å². The lowest BCUT2D eigenvalue weighted by atomic mass is 10.2. The van der Waals surface area contributed by atoms with Crippen LogP contribution in [-0.2, 0) is 9.53 Å². The Bertz CT molecular complexity index is 1060. The number of hydrogen-bond donors (Lipinski definition) is 2. The molecule has 0 spiro atoms. The summed E-state index contributed by atoms with van der Waals surface area (Å²) in [7, 11) is 0. The van der Waals surface area contributed by atoms with Crippen LogP contribution in [0.1, 0.15) is 18.7 Å². The van der Waals surface area contributed by atoms with E-state index in [9.17, 15) is 9.59 Å². The van der Waals surface area contributed by atoms with E-state index in [0.717, 1.165) is 49.4 Å². The molecule has 1 unspecified atom stereocenters. The Morgan fingerprint density at radius 3 is 2.86 bits per heavy atom. The van der Waals surface area contributed by atoms with Crippen LogP contribution in [0.25, 0.3) is 16.6 Å². The van der Waals surface area contributed by atoms with E-state index in [1.54, 1.807) is 0 Å². The van der Waals surface area contributed by atoms with Crippen molar-refractivity contribution >= 4 is 22.5 Å². The molecule has 1 aromatic carbocycles. The number of morpholine rings is 1. The molecule has 2 aromatic heterocycles. The fourth-order valence-electron chi connectivity index (χ4n) is 3.92. The molecular formula is C20H26N5O3+. The molecule has 148 valence electrons. The Kier molecular flexibility index (Phi) is 5.15. The average molecular weight is 384 g/mol. The van der Waals surface area contributed by atoms with Crippen LogP contribution >= 0.6 is 0 Å². The number of carbonyl (C=O) groups is 1. The first-order chi connectivity index (χ1) is 13.6. The quantitative estimate of drug-likeness (QED) is 0.624. The van der Waals surface area contributed by atoms with E-state index in [1.807, 2.05) is 47.3 Å². The molecule has 0 saturated carbocycles. The van der Waals surface area contributed by atoms with Crippen molar-refractivity contribution in [3.05, 3.63) is 46.4 Å². The summed E-state index contributed by atoms with van der Waals surface area (Å²) < 4.78 is 9.16. The molecule has 1 aliphatic rings. The van der Waals surface area contributed by atoms with Gasteiger partial charge >= 0.3 is 0 Å². The van der Waals surface area contributed by atoms with Gasteiger partial charge in [0.15, 0.2) is 5.65 Å². The molecule has 8 heteroatoms. The van der Waals surface area contributed by atoms with E-state index in [0.29, 0.717) is 12.2 Å². The molecule has 1 atom stereocenters. The number of carbonyl (C=O) groups excluding carboxylic acids is 1. The lowest BCUT2D eigenvalue weighted by Gasteiger charge is -2.24. The van der Waals surface area contributed by atoms with Crippen LogP contribution in [0, 0.1) is 6.92 Å². The van der Waals surface area contributed by atoms with Gasteiger partial charge in [0.1, 0.15) is 19.1 Å². The first-order valence-corrected chi connectivity index (χ1v) is 9.75. The number of para-hydroxylation sites is 1. The highest BCUT2D eigenvalue weighted by atomic mass is 16.5. The maximum absolute atomic E-state index is 12.9. The molecule has 1 saturated heterocycles. The Hall–Kier alpha value is -2.71. The van der Waals surface area contributed by atoms with E-state index < -0.39 is 6.04 Å². The van der Waals surface area contributed by atoms with Crippen LogP contribution in [0.15, 0.2) is 35.1 Å². The third-order valence-electron chi connectivity index (χ3n) is 5.41. The summed E-state index contributed by atoms with van der Waals surface area (Å²) in [5.74, 6) is -0.0478. The van der Waals surface area contributed by atoms with Crippen molar-refractivity contribution in [2.75, 3.05) is 39.4 Å². The monoisotopic (exact) mass is 384 g/mol. The third-order valence-corrected chi connectivity index (χ3v) is 5.41. The highest BCUT2D eigenvalue weighted by Gasteiger charge is 2.22. The number of aromatic nitrogens is 3. The van der Waals surface area contributed by atoms with Crippen LogP contribution in [0.2, 0.25) is 0 Å². The fraction of sp³-hybridized carbons (Fsp3) is 0.450.